The molecule has 158 valence electrons. The average Bonchev–Trinajstić information content (AvgIpc) is 3.27. The van der Waals surface area contributed by atoms with Crippen molar-refractivity contribution in [3.8, 4) is 5.69 Å². The highest BCUT2D eigenvalue weighted by atomic mass is 79.9. The van der Waals surface area contributed by atoms with Crippen molar-refractivity contribution in [3.05, 3.63) is 64.6 Å². The van der Waals surface area contributed by atoms with Crippen LogP contribution >= 0.6 is 39.5 Å². The lowest BCUT2D eigenvalue weighted by Gasteiger charge is -2.16. The van der Waals surface area contributed by atoms with E-state index in [0.29, 0.717) is 22.5 Å². The third-order valence-corrected chi connectivity index (χ3v) is 7.07. The number of thioether (sulfide) groups is 2. The number of aromatic nitrogens is 4. The Kier molecular flexibility index (Phi) is 7.15. The van der Waals surface area contributed by atoms with Gasteiger partial charge in [-0.2, -0.15) is 9.78 Å². The van der Waals surface area contributed by atoms with Gasteiger partial charge in [0.1, 0.15) is 0 Å². The van der Waals surface area contributed by atoms with E-state index in [1.165, 1.54) is 23.5 Å². The van der Waals surface area contributed by atoms with Gasteiger partial charge in [-0.3, -0.25) is 4.79 Å². The van der Waals surface area contributed by atoms with Crippen LogP contribution in [0.5, 0.6) is 0 Å². The normalized spacial score (nSPS) is 14.5. The lowest BCUT2D eigenvalue weighted by Crippen LogP contribution is -2.37. The van der Waals surface area contributed by atoms with Crippen LogP contribution in [0.15, 0.2) is 74.4 Å². The quantitative estimate of drug-likeness (QED) is 0.499. The summed E-state index contributed by atoms with van der Waals surface area (Å²) in [6.07, 6.45) is 0.615. The van der Waals surface area contributed by atoms with Crippen LogP contribution in [0.4, 0.5) is 0 Å². The minimum absolute atomic E-state index is 0.149. The topological polar surface area (TPSA) is 97.4 Å². The van der Waals surface area contributed by atoms with Gasteiger partial charge in [0.15, 0.2) is 5.17 Å². The minimum atomic E-state index is -0.367. The summed E-state index contributed by atoms with van der Waals surface area (Å²) in [6, 6.07) is 17.5. The second-order valence-electron chi connectivity index (χ2n) is 6.46. The molecule has 1 aliphatic heterocycles. The lowest BCUT2D eigenvalue weighted by atomic mass is 10.1. The number of tetrazole rings is 1. The minimum Gasteiger partial charge on any atom is -0.303 e. The van der Waals surface area contributed by atoms with Gasteiger partial charge in [-0.1, -0.05) is 76.7 Å². The van der Waals surface area contributed by atoms with Crippen LogP contribution in [-0.4, -0.2) is 48.0 Å². The van der Waals surface area contributed by atoms with Gasteiger partial charge >= 0.3 is 0 Å². The molecule has 4 rings (SSSR count). The van der Waals surface area contributed by atoms with Crippen molar-refractivity contribution in [2.45, 2.75) is 23.8 Å². The first-order valence-electron chi connectivity index (χ1n) is 9.48. The van der Waals surface area contributed by atoms with Crippen LogP contribution in [0.25, 0.3) is 5.69 Å². The SMILES string of the molecule is CC[C@H](Sc1nnnn1-c1ccccc1)C(=O)NC1=NN=C(c2ccc(Br)cc2)CS1. The Balaban J connectivity index is 1.42. The fraction of sp³-hybridized carbons (Fsp3) is 0.200. The van der Waals surface area contributed by atoms with Gasteiger partial charge in [-0.15, -0.1) is 10.2 Å². The largest absolute Gasteiger partial charge is 0.303 e. The molecule has 0 saturated carbocycles. The number of para-hydroxylation sites is 1. The summed E-state index contributed by atoms with van der Waals surface area (Å²) in [4.78, 5) is 12.8. The molecule has 11 heteroatoms. The van der Waals surface area contributed by atoms with E-state index in [0.717, 1.165) is 21.4 Å². The highest BCUT2D eigenvalue weighted by molar-refractivity contribution is 9.10. The first-order valence-corrected chi connectivity index (χ1v) is 12.1. The molecule has 3 aromatic rings. The highest BCUT2D eigenvalue weighted by Gasteiger charge is 2.24. The molecule has 1 N–H and O–H groups in total. The Morgan fingerprint density at radius 2 is 1.97 bits per heavy atom. The first-order chi connectivity index (χ1) is 15.1. The molecule has 0 radical (unpaired) electrons. The summed E-state index contributed by atoms with van der Waals surface area (Å²) in [5, 5.41) is 23.9. The molecule has 0 unspecified atom stereocenters. The van der Waals surface area contributed by atoms with Crippen molar-refractivity contribution >= 4 is 56.2 Å². The van der Waals surface area contributed by atoms with Crippen molar-refractivity contribution in [2.24, 2.45) is 10.2 Å². The fourth-order valence-corrected chi connectivity index (χ4v) is 4.71. The van der Waals surface area contributed by atoms with Gasteiger partial charge in [-0.25, -0.2) is 0 Å². The molecule has 8 nitrogen and oxygen atoms in total. The predicted octanol–water partition coefficient (Wildman–Crippen LogP) is 3.92. The number of amidine groups is 1. The summed E-state index contributed by atoms with van der Waals surface area (Å²) < 4.78 is 2.64. The van der Waals surface area contributed by atoms with E-state index in [2.05, 4.69) is 47.0 Å². The molecular formula is C20H18BrN7OS2. The number of amides is 1. The second kappa shape index (κ2) is 10.2. The smallest absolute Gasteiger partial charge is 0.239 e. The molecule has 0 aliphatic carbocycles. The number of hydrogen-bond donors (Lipinski definition) is 1. The van der Waals surface area contributed by atoms with Gasteiger partial charge in [0, 0.05) is 10.2 Å². The van der Waals surface area contributed by atoms with Crippen LogP contribution in [0.2, 0.25) is 0 Å². The van der Waals surface area contributed by atoms with E-state index in [1.54, 1.807) is 4.68 Å². The molecule has 1 aromatic heterocycles. The number of carbonyl (C=O) groups excluding carboxylic acids is 1. The average molecular weight is 516 g/mol. The number of carbonyl (C=O) groups is 1. The van der Waals surface area contributed by atoms with Crippen molar-refractivity contribution in [1.82, 2.24) is 25.5 Å². The van der Waals surface area contributed by atoms with Gasteiger partial charge in [-0.05, 0) is 46.7 Å². The number of halogens is 1. The van der Waals surface area contributed by atoms with Crippen LogP contribution in [0.3, 0.4) is 0 Å². The number of hydrogen-bond acceptors (Lipinski definition) is 8. The van der Waals surface area contributed by atoms with Crippen LogP contribution in [-0.2, 0) is 4.79 Å². The predicted molar refractivity (Wildman–Crippen MR) is 128 cm³/mol. The van der Waals surface area contributed by atoms with Gasteiger partial charge < -0.3 is 5.32 Å². The molecule has 0 spiro atoms. The highest BCUT2D eigenvalue weighted by Crippen LogP contribution is 2.25. The maximum absolute atomic E-state index is 12.8. The molecular weight excluding hydrogens is 498 g/mol. The summed E-state index contributed by atoms with van der Waals surface area (Å²) in [5.41, 5.74) is 2.73. The summed E-state index contributed by atoms with van der Waals surface area (Å²) >= 11 is 6.21. The molecule has 0 saturated heterocycles. The molecule has 1 aliphatic rings. The Morgan fingerprint density at radius 1 is 1.19 bits per heavy atom. The number of rotatable bonds is 6. The van der Waals surface area contributed by atoms with Crippen molar-refractivity contribution in [1.29, 1.82) is 0 Å². The zero-order chi connectivity index (χ0) is 21.6. The van der Waals surface area contributed by atoms with Crippen LogP contribution in [0, 0.1) is 0 Å². The van der Waals surface area contributed by atoms with E-state index in [1.807, 2.05) is 61.5 Å². The molecule has 1 atom stereocenters. The van der Waals surface area contributed by atoms with E-state index in [4.69, 9.17) is 0 Å². The molecule has 0 bridgehead atoms. The molecule has 0 fully saturated rings. The van der Waals surface area contributed by atoms with Gasteiger partial charge in [0.2, 0.25) is 11.1 Å². The Morgan fingerprint density at radius 3 is 2.65 bits per heavy atom. The lowest BCUT2D eigenvalue weighted by molar-refractivity contribution is -0.119. The molecule has 1 amide bonds. The first kappa shape index (κ1) is 21.7. The van der Waals surface area contributed by atoms with Gasteiger partial charge in [0.05, 0.1) is 16.6 Å². The Hall–Kier alpha value is -2.50. The van der Waals surface area contributed by atoms with Gasteiger partial charge in [0.25, 0.3) is 0 Å². The standard InChI is InChI=1S/C20H18BrN7OS2/c1-2-17(31-20-25-26-27-28(20)15-6-4-3-5-7-15)18(29)22-19-24-23-16(12-30-19)13-8-10-14(21)11-9-13/h3-11,17H,2,12H2,1H3,(H,22,24,29)/t17-/m0/s1. The summed E-state index contributed by atoms with van der Waals surface area (Å²) in [6.45, 7) is 1.95. The zero-order valence-electron chi connectivity index (χ0n) is 16.5. The maximum atomic E-state index is 12.8. The fourth-order valence-electron chi connectivity index (χ4n) is 2.76. The monoisotopic (exact) mass is 515 g/mol. The van der Waals surface area contributed by atoms with Crippen LogP contribution < -0.4 is 5.32 Å². The third kappa shape index (κ3) is 5.41. The second-order valence-corrected chi connectivity index (χ2v) is 9.51. The molecule has 2 heterocycles. The summed E-state index contributed by atoms with van der Waals surface area (Å²) in [7, 11) is 0. The number of nitrogens with zero attached hydrogens (tertiary/aromatic N) is 6. The molecule has 31 heavy (non-hydrogen) atoms. The van der Waals surface area contributed by atoms with E-state index in [9.17, 15) is 4.79 Å². The third-order valence-electron chi connectivity index (χ3n) is 4.37. The Labute approximate surface area is 196 Å². The van der Waals surface area contributed by atoms with Crippen molar-refractivity contribution < 1.29 is 4.79 Å². The van der Waals surface area contributed by atoms with E-state index < -0.39 is 0 Å². The van der Waals surface area contributed by atoms with Crippen LogP contribution in [0.1, 0.15) is 18.9 Å². The Bertz CT molecular complexity index is 1120. The van der Waals surface area contributed by atoms with Crippen molar-refractivity contribution in [3.63, 3.8) is 0 Å². The summed E-state index contributed by atoms with van der Waals surface area (Å²) in [5.74, 6) is 0.486. The van der Waals surface area contributed by atoms with Crippen molar-refractivity contribution in [2.75, 3.05) is 5.75 Å². The zero-order valence-corrected chi connectivity index (χ0v) is 19.7. The molecule has 2 aromatic carbocycles. The van der Waals surface area contributed by atoms with E-state index in [-0.39, 0.29) is 11.2 Å². The number of benzene rings is 2. The number of nitrogens with one attached hydrogen (secondary N) is 1. The van der Waals surface area contributed by atoms with E-state index >= 15 is 0 Å². The maximum Gasteiger partial charge on any atom is 0.239 e.